The fraction of sp³-hybridized carbons (Fsp3) is 0.417. The van der Waals surface area contributed by atoms with E-state index >= 15 is 0 Å². The number of rotatable bonds is 9. The van der Waals surface area contributed by atoms with Crippen molar-refractivity contribution in [1.82, 2.24) is 19.6 Å². The van der Waals surface area contributed by atoms with Crippen LogP contribution >= 0.6 is 23.3 Å². The van der Waals surface area contributed by atoms with Gasteiger partial charge in [-0.05, 0) is 32.6 Å². The summed E-state index contributed by atoms with van der Waals surface area (Å²) in [6.45, 7) is 1.65. The highest BCUT2D eigenvalue weighted by Gasteiger charge is 2.53. The zero-order chi connectivity index (χ0) is 27.7. The highest BCUT2D eigenvalue weighted by atomic mass is 32.2. The van der Waals surface area contributed by atoms with E-state index in [4.69, 9.17) is 10.6 Å². The number of pyridine rings is 1. The summed E-state index contributed by atoms with van der Waals surface area (Å²) in [4.78, 5) is 60.6. The van der Waals surface area contributed by atoms with Crippen LogP contribution in [-0.4, -0.2) is 66.8 Å². The van der Waals surface area contributed by atoms with Gasteiger partial charge in [-0.1, -0.05) is 5.16 Å². The molecule has 0 radical (unpaired) electrons. The molecular formula is C24H25N7O6S2. The van der Waals surface area contributed by atoms with Gasteiger partial charge in [0.25, 0.3) is 11.8 Å². The van der Waals surface area contributed by atoms with Crippen LogP contribution in [0.1, 0.15) is 48.8 Å². The van der Waals surface area contributed by atoms with Crippen molar-refractivity contribution in [3.05, 3.63) is 47.2 Å². The van der Waals surface area contributed by atoms with Gasteiger partial charge in [-0.2, -0.15) is 9.36 Å². The number of aromatic nitrogens is 3. The first kappa shape index (κ1) is 26.7. The van der Waals surface area contributed by atoms with Crippen molar-refractivity contribution in [3.8, 4) is 0 Å². The Balaban J connectivity index is 1.32. The van der Waals surface area contributed by atoms with E-state index in [0.717, 1.165) is 42.1 Å². The number of aliphatic carboxylic acids is 1. The molecule has 1 saturated heterocycles. The van der Waals surface area contributed by atoms with Gasteiger partial charge in [0, 0.05) is 40.6 Å². The number of carbonyl (C=O) groups excluding carboxylic acids is 4. The number of hydrogen-bond acceptors (Lipinski definition) is 12. The van der Waals surface area contributed by atoms with E-state index in [1.807, 2.05) is 0 Å². The number of nitrogens with two attached hydrogens (primary N) is 1. The molecule has 0 aromatic carbocycles. The zero-order valence-corrected chi connectivity index (χ0v) is 22.5. The Kier molecular flexibility index (Phi) is 7.61. The summed E-state index contributed by atoms with van der Waals surface area (Å²) >= 11 is 2.22. The van der Waals surface area contributed by atoms with Gasteiger partial charge in [0.2, 0.25) is 11.5 Å². The molecule has 4 heterocycles. The number of carbonyl (C=O) groups is 4. The van der Waals surface area contributed by atoms with E-state index in [2.05, 4.69) is 19.8 Å². The number of ketones is 1. The second-order valence-electron chi connectivity index (χ2n) is 9.32. The van der Waals surface area contributed by atoms with Gasteiger partial charge in [-0.3, -0.25) is 19.3 Å². The van der Waals surface area contributed by atoms with Crippen LogP contribution in [0.2, 0.25) is 0 Å². The molecule has 1 unspecified atom stereocenters. The van der Waals surface area contributed by atoms with Gasteiger partial charge in [0.1, 0.15) is 17.5 Å². The Morgan fingerprint density at radius 2 is 2.00 bits per heavy atom. The summed E-state index contributed by atoms with van der Waals surface area (Å²) in [6.07, 6.45) is 6.87. The summed E-state index contributed by atoms with van der Waals surface area (Å²) < 4.78 is 5.77. The Bertz CT molecular complexity index is 1380. The highest BCUT2D eigenvalue weighted by Crippen LogP contribution is 2.40. The van der Waals surface area contributed by atoms with Gasteiger partial charge >= 0.3 is 0 Å². The van der Waals surface area contributed by atoms with Crippen LogP contribution < -0.4 is 20.7 Å². The van der Waals surface area contributed by atoms with Gasteiger partial charge in [0.15, 0.2) is 29.9 Å². The highest BCUT2D eigenvalue weighted by molar-refractivity contribution is 8.00. The Labute approximate surface area is 231 Å². The second-order valence-corrected chi connectivity index (χ2v) is 11.2. The number of thioether (sulfide) groups is 1. The average Bonchev–Trinajstić information content (AvgIpc) is 3.59. The number of amides is 2. The summed E-state index contributed by atoms with van der Waals surface area (Å²) in [5.74, 6) is -2.60. The maximum atomic E-state index is 13.2. The van der Waals surface area contributed by atoms with Crippen molar-refractivity contribution in [2.45, 2.75) is 56.7 Å². The lowest BCUT2D eigenvalue weighted by Gasteiger charge is -2.50. The lowest BCUT2D eigenvalue weighted by molar-refractivity contribution is -0.689. The average molecular weight is 572 g/mol. The third-order valence-electron chi connectivity index (χ3n) is 6.66. The van der Waals surface area contributed by atoms with E-state index in [1.54, 1.807) is 29.1 Å². The van der Waals surface area contributed by atoms with Gasteiger partial charge < -0.3 is 25.8 Å². The molecule has 3 aliphatic rings. The molecule has 2 aromatic rings. The van der Waals surface area contributed by atoms with E-state index in [1.165, 1.54) is 18.7 Å². The van der Waals surface area contributed by atoms with E-state index in [0.29, 0.717) is 16.9 Å². The molecule has 2 atom stereocenters. The molecule has 204 valence electrons. The minimum Gasteiger partial charge on any atom is -0.543 e. The number of nitrogen functional groups attached to an aromatic ring is 1. The van der Waals surface area contributed by atoms with E-state index in [-0.39, 0.29) is 40.8 Å². The van der Waals surface area contributed by atoms with Crippen LogP contribution in [0.3, 0.4) is 0 Å². The Hall–Kier alpha value is -3.85. The summed E-state index contributed by atoms with van der Waals surface area (Å²) in [5, 5.41) is 18.2. The molecule has 0 bridgehead atoms. The number of carboxylic acids is 1. The summed E-state index contributed by atoms with van der Waals surface area (Å²) in [7, 11) is 0. The Morgan fingerprint density at radius 3 is 2.62 bits per heavy atom. The minimum atomic E-state index is -1.48. The lowest BCUT2D eigenvalue weighted by atomic mass is 10.0. The van der Waals surface area contributed by atoms with Crippen LogP contribution in [0.15, 0.2) is 41.0 Å². The van der Waals surface area contributed by atoms with Crippen molar-refractivity contribution in [2.75, 3.05) is 11.5 Å². The zero-order valence-electron chi connectivity index (χ0n) is 20.9. The van der Waals surface area contributed by atoms with Crippen molar-refractivity contribution in [1.29, 1.82) is 0 Å². The lowest BCUT2D eigenvalue weighted by Crippen LogP contribution is -2.71. The third kappa shape index (κ3) is 5.49. The molecule has 5 rings (SSSR count). The number of carboxylic acid groups (broad SMARTS) is 1. The normalized spacial score (nSPS) is 21.4. The minimum absolute atomic E-state index is 0.0154. The maximum absolute atomic E-state index is 13.2. The standard InChI is InChI=1S/C24H25N7O6S2/c1-12(32)13-6-8-30(9-7-13)10-14-11-38-22-17(21(34)31(22)18(14)23(35)36)26-20(33)16(19-27-24(25)39-29-19)28-37-15-4-2-3-5-15/h6-9,15,17,22H,2-5,10-11H2,1H3,(H3-,25,26,27,29,33,35,36)/t17?,22-/m0/s1. The fourth-order valence-electron chi connectivity index (χ4n) is 4.66. The first-order chi connectivity index (χ1) is 18.7. The SMILES string of the molecule is CC(=O)c1cc[n+](CC2=C(C(=O)[O-])N3C(=O)C(NC(=O)C(=NOC4CCCC4)c4nsc(N)n4)[C@@H]3SC2)cc1. The molecule has 2 amide bonds. The number of nitrogens with zero attached hydrogens (tertiary/aromatic N) is 5. The number of anilines is 1. The van der Waals surface area contributed by atoms with Crippen LogP contribution in [0.25, 0.3) is 0 Å². The van der Waals surface area contributed by atoms with E-state index in [9.17, 15) is 24.3 Å². The molecule has 1 saturated carbocycles. The first-order valence-electron chi connectivity index (χ1n) is 12.2. The van der Waals surface area contributed by atoms with Crippen molar-refractivity contribution < 1.29 is 33.7 Å². The molecule has 39 heavy (non-hydrogen) atoms. The second kappa shape index (κ2) is 11.1. The number of oxime groups is 1. The largest absolute Gasteiger partial charge is 0.543 e. The third-order valence-corrected chi connectivity index (χ3v) is 8.54. The van der Waals surface area contributed by atoms with Crippen LogP contribution in [0, 0.1) is 0 Å². The molecule has 2 aliphatic heterocycles. The Morgan fingerprint density at radius 1 is 1.28 bits per heavy atom. The number of hydrogen-bond donors (Lipinski definition) is 2. The van der Waals surface area contributed by atoms with Crippen LogP contribution in [0.4, 0.5) is 5.13 Å². The molecule has 1 aliphatic carbocycles. The molecule has 3 N–H and O–H groups in total. The maximum Gasteiger partial charge on any atom is 0.278 e. The summed E-state index contributed by atoms with van der Waals surface area (Å²) in [6, 6.07) is 2.29. The predicted molar refractivity (Wildman–Crippen MR) is 138 cm³/mol. The quantitative estimate of drug-likeness (QED) is 0.129. The molecule has 15 heteroatoms. The fourth-order valence-corrected chi connectivity index (χ4v) is 6.43. The first-order valence-corrected chi connectivity index (χ1v) is 14.1. The molecular weight excluding hydrogens is 546 g/mol. The van der Waals surface area contributed by atoms with Crippen molar-refractivity contribution >= 4 is 57.7 Å². The van der Waals surface area contributed by atoms with Gasteiger partial charge in [-0.25, -0.2) is 4.57 Å². The monoisotopic (exact) mass is 571 g/mol. The van der Waals surface area contributed by atoms with Crippen LogP contribution in [-0.2, 0) is 25.8 Å². The van der Waals surface area contributed by atoms with Crippen molar-refractivity contribution in [2.24, 2.45) is 5.16 Å². The van der Waals surface area contributed by atoms with E-state index < -0.39 is 29.2 Å². The molecule has 2 fully saturated rings. The predicted octanol–water partition coefficient (Wildman–Crippen LogP) is -0.622. The number of nitrogens with one attached hydrogen (secondary N) is 1. The van der Waals surface area contributed by atoms with Gasteiger partial charge in [-0.15, -0.1) is 11.8 Å². The molecule has 2 aromatic heterocycles. The number of fused-ring (bicyclic) bond motifs is 1. The van der Waals surface area contributed by atoms with Gasteiger partial charge in [0.05, 0.1) is 11.7 Å². The smallest absolute Gasteiger partial charge is 0.278 e. The topological polar surface area (TPSA) is 184 Å². The molecule has 0 spiro atoms. The molecule has 13 nitrogen and oxygen atoms in total. The van der Waals surface area contributed by atoms with Crippen LogP contribution in [0.5, 0.6) is 0 Å². The number of Topliss-reactive ketones (excluding diaryl/α,β-unsaturated/α-hetero) is 1. The summed E-state index contributed by atoms with van der Waals surface area (Å²) in [5.41, 5.74) is 6.27. The van der Waals surface area contributed by atoms with Crippen molar-refractivity contribution in [3.63, 3.8) is 0 Å². The number of β-lactam (4-membered cyclic amide) rings is 1.